The van der Waals surface area contributed by atoms with Crippen molar-refractivity contribution in [2.75, 3.05) is 6.54 Å². The first-order valence-electron chi connectivity index (χ1n) is 9.74. The maximum Gasteiger partial charge on any atom is 0.260 e. The number of fused-ring (bicyclic) bond motifs is 1. The Hall–Kier alpha value is -3.56. The number of imidazole rings is 1. The first kappa shape index (κ1) is 19.4. The van der Waals surface area contributed by atoms with E-state index in [0.29, 0.717) is 17.7 Å². The zero-order valence-electron chi connectivity index (χ0n) is 16.4. The second-order valence-corrected chi connectivity index (χ2v) is 9.25. The normalized spacial score (nSPS) is 14.5. The second-order valence-electron chi connectivity index (χ2n) is 7.34. The van der Waals surface area contributed by atoms with Gasteiger partial charge in [-0.2, -0.15) is 4.31 Å². The number of nitrogens with one attached hydrogen (secondary N) is 2. The van der Waals surface area contributed by atoms with E-state index in [1.807, 2.05) is 42.5 Å². The van der Waals surface area contributed by atoms with Crippen molar-refractivity contribution in [1.29, 1.82) is 0 Å². The summed E-state index contributed by atoms with van der Waals surface area (Å²) in [6, 6.07) is 13.6. The molecule has 9 heteroatoms. The Kier molecular flexibility index (Phi) is 4.76. The van der Waals surface area contributed by atoms with Gasteiger partial charge >= 0.3 is 0 Å². The van der Waals surface area contributed by atoms with Crippen LogP contribution in [-0.4, -0.2) is 45.0 Å². The zero-order chi connectivity index (χ0) is 21.4. The van der Waals surface area contributed by atoms with Gasteiger partial charge in [-0.1, -0.05) is 30.3 Å². The Labute approximate surface area is 179 Å². The summed E-state index contributed by atoms with van der Waals surface area (Å²) in [5.74, 6) is -0.230. The molecule has 1 aliphatic heterocycles. The Morgan fingerprint density at radius 1 is 1.00 bits per heavy atom. The van der Waals surface area contributed by atoms with Gasteiger partial charge in [0.1, 0.15) is 0 Å². The Morgan fingerprint density at radius 3 is 2.48 bits per heavy atom. The van der Waals surface area contributed by atoms with Crippen molar-refractivity contribution in [2.24, 2.45) is 0 Å². The predicted octanol–water partition coefficient (Wildman–Crippen LogP) is 2.78. The van der Waals surface area contributed by atoms with Crippen LogP contribution in [0, 0.1) is 0 Å². The van der Waals surface area contributed by atoms with Crippen molar-refractivity contribution in [2.45, 2.75) is 18.0 Å². The van der Waals surface area contributed by atoms with Crippen molar-refractivity contribution >= 4 is 15.8 Å². The Balaban J connectivity index is 1.61. The van der Waals surface area contributed by atoms with Gasteiger partial charge < -0.3 is 9.97 Å². The summed E-state index contributed by atoms with van der Waals surface area (Å²) in [5, 5.41) is -0.0332. The highest BCUT2D eigenvalue weighted by Gasteiger charge is 2.36. The molecule has 8 nitrogen and oxygen atoms in total. The highest BCUT2D eigenvalue weighted by molar-refractivity contribution is 7.89. The largest absolute Gasteiger partial charge is 0.356 e. The van der Waals surface area contributed by atoms with Crippen LogP contribution < -0.4 is 0 Å². The number of carbonyl (C=O) groups is 1. The fourth-order valence-electron chi connectivity index (χ4n) is 3.96. The third-order valence-electron chi connectivity index (χ3n) is 5.40. The van der Waals surface area contributed by atoms with Crippen molar-refractivity contribution < 1.29 is 13.2 Å². The van der Waals surface area contributed by atoms with Crippen LogP contribution in [-0.2, 0) is 23.0 Å². The number of hydrogen-bond donors (Lipinski definition) is 2. The summed E-state index contributed by atoms with van der Waals surface area (Å²) >= 11 is 0. The molecule has 0 radical (unpaired) electrons. The van der Waals surface area contributed by atoms with Gasteiger partial charge in [-0.3, -0.25) is 9.78 Å². The molecule has 31 heavy (non-hydrogen) atoms. The maximum atomic E-state index is 13.2. The smallest absolute Gasteiger partial charge is 0.260 e. The molecule has 1 aliphatic rings. The van der Waals surface area contributed by atoms with Crippen LogP contribution in [0.15, 0.2) is 72.4 Å². The van der Waals surface area contributed by atoms with Crippen molar-refractivity contribution in [1.82, 2.24) is 24.2 Å². The molecule has 0 bridgehead atoms. The number of benzene rings is 1. The summed E-state index contributed by atoms with van der Waals surface area (Å²) in [7, 11) is -3.86. The number of aromatic nitrogens is 4. The number of Topliss-reactive ketones (excluding diaryl/α,β-unsaturated/α-hetero) is 1. The standard InChI is InChI=1S/C22H19N5O3S/c28-19-13-27(31(29,30)20-11-24-14-25-20)12-18-21(19)17(10-15-4-2-1-3-5-15)22(26-18)16-6-8-23-9-7-16/h1-9,11,14,26H,10,12-13H2,(H,24,25). The third kappa shape index (κ3) is 3.47. The van der Waals surface area contributed by atoms with Crippen molar-refractivity contribution in [3.8, 4) is 11.3 Å². The third-order valence-corrected chi connectivity index (χ3v) is 7.12. The van der Waals surface area contributed by atoms with Gasteiger partial charge in [0, 0.05) is 35.6 Å². The maximum absolute atomic E-state index is 13.2. The predicted molar refractivity (Wildman–Crippen MR) is 114 cm³/mol. The molecule has 1 aromatic carbocycles. The van der Waals surface area contributed by atoms with Crippen LogP contribution in [0.3, 0.4) is 0 Å². The molecule has 0 saturated heterocycles. The van der Waals surface area contributed by atoms with E-state index in [-0.39, 0.29) is 23.9 Å². The summed E-state index contributed by atoms with van der Waals surface area (Å²) < 4.78 is 27.0. The van der Waals surface area contributed by atoms with Crippen molar-refractivity contribution in [3.05, 3.63) is 89.8 Å². The van der Waals surface area contributed by atoms with Gasteiger partial charge in [0.2, 0.25) is 0 Å². The number of aromatic amines is 2. The number of H-pyrrole nitrogens is 2. The van der Waals surface area contributed by atoms with E-state index in [4.69, 9.17) is 0 Å². The lowest BCUT2D eigenvalue weighted by atomic mass is 9.94. The first-order chi connectivity index (χ1) is 15.0. The van der Waals surface area contributed by atoms with Gasteiger partial charge in [-0.25, -0.2) is 13.4 Å². The molecule has 156 valence electrons. The number of carbonyl (C=O) groups excluding carboxylic acids is 1. The summed E-state index contributed by atoms with van der Waals surface area (Å²) in [5.41, 5.74) is 4.82. The molecule has 4 aromatic rings. The Morgan fingerprint density at radius 2 is 1.77 bits per heavy atom. The van der Waals surface area contributed by atoms with Gasteiger partial charge in [-0.15, -0.1) is 0 Å². The van der Waals surface area contributed by atoms with Crippen LogP contribution >= 0.6 is 0 Å². The quantitative estimate of drug-likeness (QED) is 0.503. The SMILES string of the molecule is O=C1CN(S(=O)(=O)c2cnc[nH]2)Cc2[nH]c(-c3ccncc3)c(Cc3ccccc3)c21. The number of nitrogens with zero attached hydrogens (tertiary/aromatic N) is 3. The Bertz CT molecular complexity index is 1330. The van der Waals surface area contributed by atoms with Gasteiger partial charge in [0.05, 0.1) is 31.3 Å². The summed E-state index contributed by atoms with van der Waals surface area (Å²) in [4.78, 5) is 27.0. The molecule has 5 rings (SSSR count). The van der Waals surface area contributed by atoms with Crippen LogP contribution in [0.2, 0.25) is 0 Å². The van der Waals surface area contributed by atoms with Crippen LogP contribution in [0.25, 0.3) is 11.3 Å². The topological polar surface area (TPSA) is 112 Å². The molecule has 0 aliphatic carbocycles. The summed E-state index contributed by atoms with van der Waals surface area (Å²) in [6.07, 6.45) is 6.49. The average molecular weight is 433 g/mol. The average Bonchev–Trinajstić information content (AvgIpc) is 3.44. The van der Waals surface area contributed by atoms with E-state index in [0.717, 1.165) is 22.4 Å². The molecule has 0 amide bonds. The molecule has 0 unspecified atom stereocenters. The van der Waals surface area contributed by atoms with E-state index < -0.39 is 10.0 Å². The van der Waals surface area contributed by atoms with E-state index in [9.17, 15) is 13.2 Å². The van der Waals surface area contributed by atoms with E-state index in [1.54, 1.807) is 12.4 Å². The lowest BCUT2D eigenvalue weighted by Crippen LogP contribution is -2.39. The second kappa shape index (κ2) is 7.60. The van der Waals surface area contributed by atoms with Crippen LogP contribution in [0.4, 0.5) is 0 Å². The molecular formula is C22H19N5O3S. The lowest BCUT2D eigenvalue weighted by molar-refractivity contribution is 0.0948. The number of ketones is 1. The number of pyridine rings is 1. The monoisotopic (exact) mass is 433 g/mol. The number of sulfonamides is 1. The minimum absolute atomic E-state index is 0.0332. The molecule has 2 N–H and O–H groups in total. The zero-order valence-corrected chi connectivity index (χ0v) is 17.3. The van der Waals surface area contributed by atoms with Gasteiger partial charge in [0.15, 0.2) is 10.8 Å². The molecule has 0 fully saturated rings. The molecule has 0 spiro atoms. The first-order valence-corrected chi connectivity index (χ1v) is 11.2. The highest BCUT2D eigenvalue weighted by atomic mass is 32.2. The fourth-order valence-corrected chi connectivity index (χ4v) is 5.22. The molecule has 0 saturated carbocycles. The minimum atomic E-state index is -3.86. The molecular weight excluding hydrogens is 414 g/mol. The lowest BCUT2D eigenvalue weighted by Gasteiger charge is -2.25. The van der Waals surface area contributed by atoms with E-state index in [1.165, 1.54) is 16.8 Å². The molecule has 3 aromatic heterocycles. The number of hydrogen-bond acceptors (Lipinski definition) is 5. The van der Waals surface area contributed by atoms with Crippen molar-refractivity contribution in [3.63, 3.8) is 0 Å². The van der Waals surface area contributed by atoms with Crippen LogP contribution in [0.1, 0.15) is 27.2 Å². The number of rotatable bonds is 5. The summed E-state index contributed by atoms with van der Waals surface area (Å²) in [6.45, 7) is -0.140. The molecule has 4 heterocycles. The molecule has 0 atom stereocenters. The van der Waals surface area contributed by atoms with E-state index in [2.05, 4.69) is 19.9 Å². The van der Waals surface area contributed by atoms with Gasteiger partial charge in [-0.05, 0) is 23.3 Å². The highest BCUT2D eigenvalue weighted by Crippen LogP contribution is 2.34. The van der Waals surface area contributed by atoms with E-state index >= 15 is 0 Å². The fraction of sp³-hybridized carbons (Fsp3) is 0.136. The van der Waals surface area contributed by atoms with Crippen LogP contribution in [0.5, 0.6) is 0 Å². The van der Waals surface area contributed by atoms with Gasteiger partial charge in [0.25, 0.3) is 10.0 Å². The minimum Gasteiger partial charge on any atom is -0.356 e.